The van der Waals surface area contributed by atoms with Crippen LogP contribution >= 0.6 is 0 Å². The van der Waals surface area contributed by atoms with Crippen molar-refractivity contribution in [3.05, 3.63) is 0 Å². The van der Waals surface area contributed by atoms with Crippen LogP contribution in [0.2, 0.25) is 0 Å². The zero-order valence-electron chi connectivity index (χ0n) is 12.2. The Kier molecular flexibility index (Phi) is 6.44. The summed E-state index contributed by atoms with van der Waals surface area (Å²) in [6.07, 6.45) is -3.04. The van der Waals surface area contributed by atoms with Gasteiger partial charge in [0.05, 0.1) is 18.6 Å². The van der Waals surface area contributed by atoms with Gasteiger partial charge in [0.25, 0.3) is 0 Å². The Hall–Kier alpha value is -1.31. The number of ether oxygens (including phenoxy) is 1. The molecule has 1 fully saturated rings. The van der Waals surface area contributed by atoms with Crippen LogP contribution in [-0.2, 0) is 14.3 Å². The molecule has 0 aliphatic carbocycles. The number of rotatable bonds is 5. The number of nitrogens with one attached hydrogen (secondary N) is 1. The molecule has 0 radical (unpaired) electrons. The third-order valence-electron chi connectivity index (χ3n) is 3.46. The number of likely N-dealkylation sites (tertiary alicyclic amines) is 1. The molecule has 0 spiro atoms. The van der Waals surface area contributed by atoms with Gasteiger partial charge in [-0.25, -0.2) is 0 Å². The Morgan fingerprint density at radius 3 is 2.67 bits per heavy atom. The molecule has 1 heterocycles. The van der Waals surface area contributed by atoms with E-state index in [4.69, 9.17) is 4.74 Å². The second-order valence-corrected chi connectivity index (χ2v) is 5.10. The number of amides is 1. The van der Waals surface area contributed by atoms with Crippen LogP contribution < -0.4 is 5.32 Å². The Morgan fingerprint density at radius 2 is 2.10 bits per heavy atom. The van der Waals surface area contributed by atoms with Crippen LogP contribution in [-0.4, -0.2) is 55.2 Å². The first-order chi connectivity index (χ1) is 9.74. The lowest BCUT2D eigenvalue weighted by Gasteiger charge is -2.35. The molecule has 2 unspecified atom stereocenters. The number of carbonyl (C=O) groups excluding carboxylic acids is 2. The van der Waals surface area contributed by atoms with Gasteiger partial charge in [0.2, 0.25) is 5.91 Å². The van der Waals surface area contributed by atoms with Gasteiger partial charge in [-0.3, -0.25) is 14.5 Å². The van der Waals surface area contributed by atoms with Gasteiger partial charge in [0.1, 0.15) is 6.54 Å². The fraction of sp³-hybridized carbons (Fsp3) is 0.846. The van der Waals surface area contributed by atoms with Crippen molar-refractivity contribution in [2.24, 2.45) is 5.92 Å². The molecule has 0 bridgehead atoms. The molecular formula is C13H21F3N2O3. The molecule has 1 aliphatic heterocycles. The minimum atomic E-state index is -4.43. The van der Waals surface area contributed by atoms with Crippen LogP contribution in [0.3, 0.4) is 0 Å². The van der Waals surface area contributed by atoms with Gasteiger partial charge in [-0.15, -0.1) is 0 Å². The third-order valence-corrected chi connectivity index (χ3v) is 3.46. The third kappa shape index (κ3) is 5.91. The lowest BCUT2D eigenvalue weighted by molar-refractivity contribution is -0.151. The normalized spacial score (nSPS) is 21.7. The minimum Gasteiger partial charge on any atom is -0.466 e. The van der Waals surface area contributed by atoms with Gasteiger partial charge >= 0.3 is 12.1 Å². The molecule has 1 N–H and O–H groups in total. The summed E-state index contributed by atoms with van der Waals surface area (Å²) in [7, 11) is 0. The van der Waals surface area contributed by atoms with Crippen molar-refractivity contribution >= 4 is 11.9 Å². The number of nitrogens with zero attached hydrogens (tertiary/aromatic N) is 1. The van der Waals surface area contributed by atoms with Crippen LogP contribution in [0.5, 0.6) is 0 Å². The van der Waals surface area contributed by atoms with E-state index in [0.717, 1.165) is 0 Å². The highest BCUT2D eigenvalue weighted by atomic mass is 19.4. The van der Waals surface area contributed by atoms with Gasteiger partial charge in [-0.05, 0) is 33.2 Å². The largest absolute Gasteiger partial charge is 0.466 e. The summed E-state index contributed by atoms with van der Waals surface area (Å²) in [4.78, 5) is 25.1. The Morgan fingerprint density at radius 1 is 1.43 bits per heavy atom. The van der Waals surface area contributed by atoms with Crippen molar-refractivity contribution in [2.75, 3.05) is 26.2 Å². The molecule has 8 heteroatoms. The van der Waals surface area contributed by atoms with Gasteiger partial charge in [-0.2, -0.15) is 13.2 Å². The van der Waals surface area contributed by atoms with E-state index in [-0.39, 0.29) is 18.5 Å². The standard InChI is InChI=1S/C13H21F3N2O3/c1-3-21-12(20)10-5-4-6-18(7-10)9(2)11(19)17-8-13(14,15)16/h9-10H,3-8H2,1-2H3,(H,17,19). The van der Waals surface area contributed by atoms with E-state index < -0.39 is 24.7 Å². The fourth-order valence-corrected chi connectivity index (χ4v) is 2.31. The quantitative estimate of drug-likeness (QED) is 0.778. The first-order valence-corrected chi connectivity index (χ1v) is 6.99. The minimum absolute atomic E-state index is 0.289. The van der Waals surface area contributed by atoms with Crippen molar-refractivity contribution in [3.8, 4) is 0 Å². The Bertz CT molecular complexity index is 374. The first-order valence-electron chi connectivity index (χ1n) is 6.99. The predicted molar refractivity (Wildman–Crippen MR) is 69.5 cm³/mol. The van der Waals surface area contributed by atoms with Crippen LogP contribution in [0.15, 0.2) is 0 Å². The summed E-state index contributed by atoms with van der Waals surface area (Å²) >= 11 is 0. The van der Waals surface area contributed by atoms with Gasteiger partial charge < -0.3 is 10.1 Å². The number of esters is 1. The van der Waals surface area contributed by atoms with Crippen molar-refractivity contribution in [2.45, 2.75) is 38.9 Å². The molecule has 1 saturated heterocycles. The SMILES string of the molecule is CCOC(=O)C1CCCN(C(C)C(=O)NCC(F)(F)F)C1. The summed E-state index contributed by atoms with van der Waals surface area (Å²) in [5, 5.41) is 1.87. The molecule has 1 amide bonds. The van der Waals surface area contributed by atoms with Crippen molar-refractivity contribution in [1.29, 1.82) is 0 Å². The van der Waals surface area contributed by atoms with E-state index in [2.05, 4.69) is 0 Å². The highest BCUT2D eigenvalue weighted by Gasteiger charge is 2.33. The maximum atomic E-state index is 12.1. The number of halogens is 3. The second-order valence-electron chi connectivity index (χ2n) is 5.10. The summed E-state index contributed by atoms with van der Waals surface area (Å²) in [5.41, 5.74) is 0. The van der Waals surface area contributed by atoms with Crippen molar-refractivity contribution < 1.29 is 27.5 Å². The summed E-state index contributed by atoms with van der Waals surface area (Å²) in [5.74, 6) is -1.32. The monoisotopic (exact) mass is 310 g/mol. The highest BCUT2D eigenvalue weighted by molar-refractivity contribution is 5.81. The number of hydrogen-bond donors (Lipinski definition) is 1. The molecule has 0 aromatic carbocycles. The molecule has 21 heavy (non-hydrogen) atoms. The fourth-order valence-electron chi connectivity index (χ4n) is 2.31. The smallest absolute Gasteiger partial charge is 0.405 e. The number of hydrogen-bond acceptors (Lipinski definition) is 4. The van der Waals surface area contributed by atoms with E-state index >= 15 is 0 Å². The van der Waals surface area contributed by atoms with Gasteiger partial charge in [0.15, 0.2) is 0 Å². The summed E-state index contributed by atoms with van der Waals surface area (Å²) < 4.78 is 41.2. The Labute approximate surface area is 121 Å². The average Bonchev–Trinajstić information content (AvgIpc) is 2.43. The highest BCUT2D eigenvalue weighted by Crippen LogP contribution is 2.20. The molecule has 1 aliphatic rings. The molecule has 1 rings (SSSR count). The van der Waals surface area contributed by atoms with Gasteiger partial charge in [0, 0.05) is 6.54 Å². The topological polar surface area (TPSA) is 58.6 Å². The maximum Gasteiger partial charge on any atom is 0.405 e. The van der Waals surface area contributed by atoms with Crippen LogP contribution in [0.25, 0.3) is 0 Å². The zero-order valence-corrected chi connectivity index (χ0v) is 12.2. The summed E-state index contributed by atoms with van der Waals surface area (Å²) in [6, 6.07) is -0.704. The number of alkyl halides is 3. The van der Waals surface area contributed by atoms with E-state index in [0.29, 0.717) is 25.9 Å². The Balaban J connectivity index is 2.51. The van der Waals surface area contributed by atoms with Crippen molar-refractivity contribution in [1.82, 2.24) is 10.2 Å². The van der Waals surface area contributed by atoms with Crippen LogP contribution in [0, 0.1) is 5.92 Å². The average molecular weight is 310 g/mol. The van der Waals surface area contributed by atoms with Gasteiger partial charge in [-0.1, -0.05) is 0 Å². The summed E-state index contributed by atoms with van der Waals surface area (Å²) in [6.45, 7) is 3.11. The lowest BCUT2D eigenvalue weighted by Crippen LogP contribution is -2.51. The van der Waals surface area contributed by atoms with E-state index in [9.17, 15) is 22.8 Å². The molecule has 122 valence electrons. The molecule has 0 saturated carbocycles. The molecule has 0 aromatic heterocycles. The van der Waals surface area contributed by atoms with Crippen molar-refractivity contribution in [3.63, 3.8) is 0 Å². The first kappa shape index (κ1) is 17.7. The van der Waals surface area contributed by atoms with E-state index in [1.54, 1.807) is 18.7 Å². The van der Waals surface area contributed by atoms with E-state index in [1.807, 2.05) is 5.32 Å². The molecule has 0 aromatic rings. The number of carbonyl (C=O) groups is 2. The second kappa shape index (κ2) is 7.63. The molecular weight excluding hydrogens is 289 g/mol. The molecule has 2 atom stereocenters. The van der Waals surface area contributed by atoms with Crippen LogP contribution in [0.1, 0.15) is 26.7 Å². The molecule has 5 nitrogen and oxygen atoms in total. The van der Waals surface area contributed by atoms with E-state index in [1.165, 1.54) is 0 Å². The predicted octanol–water partition coefficient (Wildman–Crippen LogP) is 1.33. The number of piperidine rings is 1. The maximum absolute atomic E-state index is 12.1. The lowest BCUT2D eigenvalue weighted by atomic mass is 9.97. The van der Waals surface area contributed by atoms with Crippen LogP contribution in [0.4, 0.5) is 13.2 Å². The zero-order chi connectivity index (χ0) is 16.0.